The van der Waals surface area contributed by atoms with E-state index in [2.05, 4.69) is 46.8 Å². The van der Waals surface area contributed by atoms with Gasteiger partial charge in [-0.15, -0.1) is 24.0 Å². The number of aryl methyl sites for hydroxylation is 2. The van der Waals surface area contributed by atoms with E-state index in [1.54, 1.807) is 7.05 Å². The number of hydrogen-bond donors (Lipinski definition) is 3. The molecule has 0 fully saturated rings. The molecule has 166 valence electrons. The van der Waals surface area contributed by atoms with Crippen LogP contribution in [-0.2, 0) is 24.8 Å². The van der Waals surface area contributed by atoms with Crippen LogP contribution in [0.1, 0.15) is 43.3 Å². The number of anilines is 1. The van der Waals surface area contributed by atoms with Gasteiger partial charge in [-0.05, 0) is 50.5 Å². The molecule has 0 aliphatic carbocycles. The van der Waals surface area contributed by atoms with E-state index in [1.807, 2.05) is 49.8 Å². The number of carbonyl (C=O) groups excluding carboxylic acids is 1. The van der Waals surface area contributed by atoms with E-state index >= 15 is 0 Å². The average molecular weight is 526 g/mol. The van der Waals surface area contributed by atoms with Crippen molar-refractivity contribution in [2.75, 3.05) is 12.4 Å². The Hall–Kier alpha value is -2.10. The van der Waals surface area contributed by atoms with Gasteiger partial charge in [0.15, 0.2) is 5.96 Å². The molecule has 2 rings (SSSR count). The molecule has 0 aliphatic rings. The lowest BCUT2D eigenvalue weighted by Gasteiger charge is -2.18. The number of hydrogen-bond acceptors (Lipinski definition) is 3. The van der Waals surface area contributed by atoms with Crippen LogP contribution in [0.4, 0.5) is 5.69 Å². The fourth-order valence-corrected chi connectivity index (χ4v) is 3.08. The number of guanidine groups is 1. The molecule has 0 spiro atoms. The summed E-state index contributed by atoms with van der Waals surface area (Å²) in [6.07, 6.45) is 0.885. The van der Waals surface area contributed by atoms with Crippen LogP contribution in [0, 0.1) is 19.8 Å². The van der Waals surface area contributed by atoms with Crippen LogP contribution in [0.2, 0.25) is 0 Å². The van der Waals surface area contributed by atoms with Gasteiger partial charge < -0.3 is 16.0 Å². The highest BCUT2D eigenvalue weighted by atomic mass is 127. The first-order valence-electron chi connectivity index (χ1n) is 10.1. The molecule has 7 nitrogen and oxygen atoms in total. The number of nitrogens with one attached hydrogen (secondary N) is 3. The fraction of sp³-hybridized carbons (Fsp3) is 0.500. The number of aromatic nitrogens is 2. The van der Waals surface area contributed by atoms with E-state index in [4.69, 9.17) is 0 Å². The van der Waals surface area contributed by atoms with Crippen molar-refractivity contribution in [3.05, 3.63) is 46.8 Å². The summed E-state index contributed by atoms with van der Waals surface area (Å²) in [5.41, 5.74) is 5.48. The van der Waals surface area contributed by atoms with Crippen molar-refractivity contribution in [2.24, 2.45) is 18.0 Å². The Morgan fingerprint density at radius 2 is 1.80 bits per heavy atom. The summed E-state index contributed by atoms with van der Waals surface area (Å²) in [5, 5.41) is 14.2. The molecule has 0 saturated carbocycles. The molecule has 0 bridgehead atoms. The number of nitrogens with zero attached hydrogens (tertiary/aromatic N) is 3. The molecule has 0 saturated heterocycles. The Kier molecular flexibility index (Phi) is 10.3. The van der Waals surface area contributed by atoms with Gasteiger partial charge in [0.25, 0.3) is 0 Å². The first-order valence-corrected chi connectivity index (χ1v) is 10.1. The fourth-order valence-electron chi connectivity index (χ4n) is 3.08. The molecule has 1 heterocycles. The van der Waals surface area contributed by atoms with E-state index in [0.717, 1.165) is 29.3 Å². The van der Waals surface area contributed by atoms with Crippen molar-refractivity contribution < 1.29 is 4.79 Å². The van der Waals surface area contributed by atoms with Crippen molar-refractivity contribution in [2.45, 2.75) is 53.6 Å². The minimum absolute atomic E-state index is 0. The van der Waals surface area contributed by atoms with E-state index in [9.17, 15) is 4.79 Å². The number of benzene rings is 1. The third-order valence-corrected chi connectivity index (χ3v) is 4.98. The molecule has 1 amide bonds. The van der Waals surface area contributed by atoms with E-state index in [1.165, 1.54) is 11.3 Å². The van der Waals surface area contributed by atoms with Crippen LogP contribution in [0.25, 0.3) is 0 Å². The summed E-state index contributed by atoms with van der Waals surface area (Å²) in [6, 6.07) is 8.06. The molecule has 30 heavy (non-hydrogen) atoms. The molecule has 1 unspecified atom stereocenters. The second-order valence-electron chi connectivity index (χ2n) is 7.79. The molecule has 1 aromatic carbocycles. The zero-order valence-corrected chi connectivity index (χ0v) is 21.4. The highest BCUT2D eigenvalue weighted by Gasteiger charge is 2.14. The van der Waals surface area contributed by atoms with Crippen LogP contribution in [-0.4, -0.2) is 34.7 Å². The Balaban J connectivity index is 0.00000450. The SMILES string of the molecule is CN=C(NCc1ccc(NC(=O)C(C)C)cc1)NC(C)Cc1c(C)nn(C)c1C.I. The van der Waals surface area contributed by atoms with E-state index in [0.29, 0.717) is 6.54 Å². The number of aliphatic imine (C=N–C) groups is 1. The van der Waals surface area contributed by atoms with Gasteiger partial charge in [0, 0.05) is 44.0 Å². The second kappa shape index (κ2) is 11.9. The predicted octanol–water partition coefficient (Wildman–Crippen LogP) is 3.55. The number of rotatable bonds is 7. The normalized spacial score (nSPS) is 12.3. The molecule has 8 heteroatoms. The number of carbonyl (C=O) groups is 1. The molecular formula is C22H35IN6O. The molecular weight excluding hydrogens is 491 g/mol. The summed E-state index contributed by atoms with van der Waals surface area (Å²) in [6.45, 7) is 10.7. The van der Waals surface area contributed by atoms with Gasteiger partial charge >= 0.3 is 0 Å². The zero-order chi connectivity index (χ0) is 21.6. The maximum atomic E-state index is 11.8. The number of halogens is 1. The van der Waals surface area contributed by atoms with Crippen molar-refractivity contribution in [3.63, 3.8) is 0 Å². The van der Waals surface area contributed by atoms with Crippen molar-refractivity contribution >= 4 is 41.5 Å². The molecule has 0 aliphatic heterocycles. The lowest BCUT2D eigenvalue weighted by Crippen LogP contribution is -2.42. The van der Waals surface area contributed by atoms with Crippen LogP contribution >= 0.6 is 24.0 Å². The largest absolute Gasteiger partial charge is 0.354 e. The second-order valence-corrected chi connectivity index (χ2v) is 7.79. The minimum atomic E-state index is -0.0352. The molecule has 3 N–H and O–H groups in total. The predicted molar refractivity (Wildman–Crippen MR) is 135 cm³/mol. The molecule has 1 aromatic heterocycles. The lowest BCUT2D eigenvalue weighted by atomic mass is 10.1. The Morgan fingerprint density at radius 3 is 2.30 bits per heavy atom. The molecule has 1 atom stereocenters. The third kappa shape index (κ3) is 7.30. The minimum Gasteiger partial charge on any atom is -0.354 e. The highest BCUT2D eigenvalue weighted by Crippen LogP contribution is 2.14. The van der Waals surface area contributed by atoms with E-state index in [-0.39, 0.29) is 41.8 Å². The average Bonchev–Trinajstić information content (AvgIpc) is 2.92. The quantitative estimate of drug-likeness (QED) is 0.293. The van der Waals surface area contributed by atoms with Crippen molar-refractivity contribution in [3.8, 4) is 0 Å². The van der Waals surface area contributed by atoms with Gasteiger partial charge in [0.1, 0.15) is 0 Å². The maximum absolute atomic E-state index is 11.8. The van der Waals surface area contributed by atoms with Gasteiger partial charge in [-0.2, -0.15) is 5.10 Å². The zero-order valence-electron chi connectivity index (χ0n) is 19.0. The maximum Gasteiger partial charge on any atom is 0.226 e. The van der Waals surface area contributed by atoms with Crippen LogP contribution in [0.5, 0.6) is 0 Å². The van der Waals surface area contributed by atoms with Gasteiger partial charge in [-0.3, -0.25) is 14.5 Å². The first kappa shape index (κ1) is 25.9. The van der Waals surface area contributed by atoms with Crippen molar-refractivity contribution in [1.82, 2.24) is 20.4 Å². The van der Waals surface area contributed by atoms with Crippen LogP contribution < -0.4 is 16.0 Å². The van der Waals surface area contributed by atoms with Crippen molar-refractivity contribution in [1.29, 1.82) is 0 Å². The standard InChI is InChI=1S/C22H34N6O.HI/c1-14(2)21(29)26-19-10-8-18(9-11-19)13-24-22(23-6)25-15(3)12-20-16(4)27-28(7)17(20)5;/h8-11,14-15H,12-13H2,1-7H3,(H,26,29)(H2,23,24,25);1H. The van der Waals surface area contributed by atoms with Gasteiger partial charge in [-0.1, -0.05) is 26.0 Å². The first-order chi connectivity index (χ1) is 13.7. The van der Waals surface area contributed by atoms with E-state index < -0.39 is 0 Å². The number of amides is 1. The summed E-state index contributed by atoms with van der Waals surface area (Å²) in [7, 11) is 3.75. The summed E-state index contributed by atoms with van der Waals surface area (Å²) < 4.78 is 1.93. The van der Waals surface area contributed by atoms with Crippen LogP contribution in [0.15, 0.2) is 29.3 Å². The Morgan fingerprint density at radius 1 is 1.17 bits per heavy atom. The summed E-state index contributed by atoms with van der Waals surface area (Å²) in [4.78, 5) is 16.1. The van der Waals surface area contributed by atoms with Gasteiger partial charge in [-0.25, -0.2) is 0 Å². The monoisotopic (exact) mass is 526 g/mol. The third-order valence-electron chi connectivity index (χ3n) is 4.98. The summed E-state index contributed by atoms with van der Waals surface area (Å²) in [5.74, 6) is 0.745. The Bertz CT molecular complexity index is 857. The molecule has 2 aromatic rings. The highest BCUT2D eigenvalue weighted by molar-refractivity contribution is 14.0. The van der Waals surface area contributed by atoms with Gasteiger partial charge in [0.2, 0.25) is 5.91 Å². The Labute approximate surface area is 197 Å². The van der Waals surface area contributed by atoms with Crippen LogP contribution in [0.3, 0.4) is 0 Å². The lowest BCUT2D eigenvalue weighted by molar-refractivity contribution is -0.118. The van der Waals surface area contributed by atoms with Gasteiger partial charge in [0.05, 0.1) is 5.69 Å². The topological polar surface area (TPSA) is 83.3 Å². The molecule has 0 radical (unpaired) electrons. The summed E-state index contributed by atoms with van der Waals surface area (Å²) >= 11 is 0. The smallest absolute Gasteiger partial charge is 0.226 e.